The second kappa shape index (κ2) is 9.23. The molecular weight excluding hydrogens is 466 g/mol. The molecule has 2 aliphatic carbocycles. The summed E-state index contributed by atoms with van der Waals surface area (Å²) < 4.78 is 13.3. The van der Waals surface area contributed by atoms with Gasteiger partial charge in [0.1, 0.15) is 5.75 Å². The fourth-order valence-electron chi connectivity index (χ4n) is 6.82. The second-order valence-electron chi connectivity index (χ2n) is 11.1. The Bertz CT molecular complexity index is 1380. The standard InChI is InChI=1S/C31H35NO5/c1-3-4-14-37-21-11-13-22-24(16-21)25-17-31(25,30(34)35)18-32-26-15-20(29(33)36-2)10-12-23(26)27(28(22)32)19-8-6-5-7-9-19/h10-13,15-16,19,25H,3-9,14,17-18H2,1-2H3,(H,34,35). The molecule has 2 fully saturated rings. The number of nitrogens with zero attached hydrogens (tertiary/aromatic N) is 1. The van der Waals surface area contributed by atoms with Gasteiger partial charge in [-0.2, -0.15) is 0 Å². The smallest absolute Gasteiger partial charge is 0.337 e. The van der Waals surface area contributed by atoms with Crippen LogP contribution in [0.15, 0.2) is 36.4 Å². The van der Waals surface area contributed by atoms with E-state index in [1.54, 1.807) is 0 Å². The molecule has 1 aliphatic heterocycles. The number of fused-ring (bicyclic) bond motifs is 7. The fraction of sp³-hybridized carbons (Fsp3) is 0.484. The summed E-state index contributed by atoms with van der Waals surface area (Å²) in [6.07, 6.45) is 8.60. The highest BCUT2D eigenvalue weighted by molar-refractivity contribution is 6.00. The molecule has 0 radical (unpaired) electrons. The van der Waals surface area contributed by atoms with E-state index in [1.807, 2.05) is 24.3 Å². The first-order valence-corrected chi connectivity index (χ1v) is 13.7. The van der Waals surface area contributed by atoms with Crippen LogP contribution in [0.1, 0.15) is 91.6 Å². The van der Waals surface area contributed by atoms with Crippen LogP contribution in [0.2, 0.25) is 0 Å². The molecule has 3 aliphatic rings. The minimum absolute atomic E-state index is 0.0485. The quantitative estimate of drug-likeness (QED) is 0.282. The van der Waals surface area contributed by atoms with Gasteiger partial charge in [0, 0.05) is 28.9 Å². The molecule has 0 spiro atoms. The number of aliphatic carboxylic acids is 1. The molecular formula is C31H35NO5. The number of carboxylic acid groups (broad SMARTS) is 1. The number of carbonyl (C=O) groups excluding carboxylic acids is 1. The summed E-state index contributed by atoms with van der Waals surface area (Å²) in [6.45, 7) is 3.20. The number of carbonyl (C=O) groups is 2. The molecule has 2 unspecified atom stereocenters. The molecule has 2 aromatic carbocycles. The third kappa shape index (κ3) is 3.84. The molecule has 0 saturated heterocycles. The van der Waals surface area contributed by atoms with Crippen LogP contribution in [0.25, 0.3) is 22.2 Å². The fourth-order valence-corrected chi connectivity index (χ4v) is 6.82. The molecule has 1 aromatic heterocycles. The average Bonchev–Trinajstić information content (AvgIpc) is 3.60. The average molecular weight is 502 g/mol. The number of aromatic nitrogens is 1. The Morgan fingerprint density at radius 3 is 2.65 bits per heavy atom. The topological polar surface area (TPSA) is 77.8 Å². The first-order valence-electron chi connectivity index (χ1n) is 13.7. The van der Waals surface area contributed by atoms with Crippen molar-refractivity contribution in [3.8, 4) is 17.0 Å². The first-order chi connectivity index (χ1) is 18.0. The Morgan fingerprint density at radius 1 is 1.11 bits per heavy atom. The van der Waals surface area contributed by atoms with Gasteiger partial charge < -0.3 is 19.1 Å². The molecule has 0 bridgehead atoms. The van der Waals surface area contributed by atoms with Crippen LogP contribution < -0.4 is 4.74 Å². The zero-order valence-electron chi connectivity index (χ0n) is 21.7. The van der Waals surface area contributed by atoms with Crippen molar-refractivity contribution in [2.75, 3.05) is 13.7 Å². The molecule has 3 aromatic rings. The summed E-state index contributed by atoms with van der Waals surface area (Å²) in [5, 5.41) is 11.6. The Balaban J connectivity index is 1.60. The predicted octanol–water partition coefficient (Wildman–Crippen LogP) is 6.89. The van der Waals surface area contributed by atoms with Gasteiger partial charge in [-0.05, 0) is 73.1 Å². The van der Waals surface area contributed by atoms with Crippen molar-refractivity contribution in [3.05, 3.63) is 53.1 Å². The van der Waals surface area contributed by atoms with Gasteiger partial charge in [-0.1, -0.05) is 38.7 Å². The summed E-state index contributed by atoms with van der Waals surface area (Å²) in [5.41, 5.74) is 5.22. The molecule has 1 N–H and O–H groups in total. The van der Waals surface area contributed by atoms with Crippen molar-refractivity contribution in [2.24, 2.45) is 5.41 Å². The number of rotatable bonds is 7. The first kappa shape index (κ1) is 24.1. The number of hydrogen-bond donors (Lipinski definition) is 1. The lowest BCUT2D eigenvalue weighted by Crippen LogP contribution is -2.22. The summed E-state index contributed by atoms with van der Waals surface area (Å²) >= 11 is 0. The van der Waals surface area contributed by atoms with E-state index in [0.29, 0.717) is 31.1 Å². The van der Waals surface area contributed by atoms with Gasteiger partial charge in [-0.15, -0.1) is 0 Å². The van der Waals surface area contributed by atoms with Gasteiger partial charge in [0.2, 0.25) is 0 Å². The van der Waals surface area contributed by atoms with Crippen LogP contribution in [0, 0.1) is 5.41 Å². The third-order valence-corrected chi connectivity index (χ3v) is 8.90. The van der Waals surface area contributed by atoms with Gasteiger partial charge in [0.25, 0.3) is 0 Å². The summed E-state index contributed by atoms with van der Waals surface area (Å²) in [5.74, 6) is 0.0541. The second-order valence-corrected chi connectivity index (χ2v) is 11.1. The van der Waals surface area contributed by atoms with Crippen molar-refractivity contribution in [2.45, 2.75) is 76.7 Å². The number of benzene rings is 2. The van der Waals surface area contributed by atoms with Crippen molar-refractivity contribution >= 4 is 22.8 Å². The minimum Gasteiger partial charge on any atom is -0.494 e. The molecule has 6 rings (SSSR count). The lowest BCUT2D eigenvalue weighted by atomic mass is 9.81. The zero-order valence-corrected chi connectivity index (χ0v) is 21.7. The normalized spacial score (nSPS) is 22.5. The Morgan fingerprint density at radius 2 is 1.92 bits per heavy atom. The number of carboxylic acids is 1. The summed E-state index contributed by atoms with van der Waals surface area (Å²) in [7, 11) is 1.39. The van der Waals surface area contributed by atoms with Crippen LogP contribution in [0.5, 0.6) is 5.75 Å². The van der Waals surface area contributed by atoms with Crippen molar-refractivity contribution in [3.63, 3.8) is 0 Å². The van der Waals surface area contributed by atoms with Crippen molar-refractivity contribution in [1.29, 1.82) is 0 Å². The largest absolute Gasteiger partial charge is 0.494 e. The van der Waals surface area contributed by atoms with Crippen LogP contribution in [-0.2, 0) is 16.1 Å². The van der Waals surface area contributed by atoms with E-state index >= 15 is 0 Å². The summed E-state index contributed by atoms with van der Waals surface area (Å²) in [6, 6.07) is 12.1. The molecule has 2 heterocycles. The number of esters is 1. The molecule has 0 amide bonds. The third-order valence-electron chi connectivity index (χ3n) is 8.90. The van der Waals surface area contributed by atoms with Gasteiger partial charge in [0.05, 0.1) is 30.4 Å². The molecule has 6 nitrogen and oxygen atoms in total. The maximum Gasteiger partial charge on any atom is 0.337 e. The zero-order chi connectivity index (χ0) is 25.7. The molecule has 2 atom stereocenters. The van der Waals surface area contributed by atoms with E-state index in [0.717, 1.165) is 59.2 Å². The Hall–Kier alpha value is -3.28. The van der Waals surface area contributed by atoms with Gasteiger partial charge in [-0.25, -0.2) is 4.79 Å². The van der Waals surface area contributed by atoms with E-state index in [9.17, 15) is 14.7 Å². The highest BCUT2D eigenvalue weighted by Crippen LogP contribution is 2.65. The van der Waals surface area contributed by atoms with E-state index < -0.39 is 11.4 Å². The molecule has 6 heteroatoms. The van der Waals surface area contributed by atoms with Gasteiger partial charge >= 0.3 is 11.9 Å². The van der Waals surface area contributed by atoms with Gasteiger partial charge in [0.15, 0.2) is 0 Å². The highest BCUT2D eigenvalue weighted by Gasteiger charge is 2.63. The van der Waals surface area contributed by atoms with Crippen LogP contribution in [-0.4, -0.2) is 35.3 Å². The highest BCUT2D eigenvalue weighted by atomic mass is 16.5. The van der Waals surface area contributed by atoms with Crippen LogP contribution in [0.4, 0.5) is 0 Å². The van der Waals surface area contributed by atoms with E-state index in [1.165, 1.54) is 31.9 Å². The van der Waals surface area contributed by atoms with Crippen LogP contribution in [0.3, 0.4) is 0 Å². The number of methoxy groups -OCH3 is 1. The van der Waals surface area contributed by atoms with E-state index in [4.69, 9.17) is 9.47 Å². The lowest BCUT2D eigenvalue weighted by molar-refractivity contribution is -0.144. The Kier molecular flexibility index (Phi) is 6.01. The predicted molar refractivity (Wildman–Crippen MR) is 142 cm³/mol. The number of unbranched alkanes of at least 4 members (excludes halogenated alkanes) is 1. The number of ether oxygens (including phenoxy) is 2. The SMILES string of the molecule is CCCCOc1ccc2c(c1)C1CC1(C(=O)O)Cn1c-2c(C2CCCCC2)c2ccc(C(=O)OC)cc21. The maximum atomic E-state index is 12.7. The van der Waals surface area contributed by atoms with Crippen molar-refractivity contribution in [1.82, 2.24) is 4.57 Å². The maximum absolute atomic E-state index is 12.7. The van der Waals surface area contributed by atoms with Gasteiger partial charge in [-0.3, -0.25) is 4.79 Å². The van der Waals surface area contributed by atoms with E-state index in [2.05, 4.69) is 23.6 Å². The van der Waals surface area contributed by atoms with Crippen molar-refractivity contribution < 1.29 is 24.2 Å². The Labute approximate surface area is 217 Å². The monoisotopic (exact) mass is 501 g/mol. The summed E-state index contributed by atoms with van der Waals surface area (Å²) in [4.78, 5) is 25.2. The lowest BCUT2D eigenvalue weighted by Gasteiger charge is -2.24. The molecule has 194 valence electrons. The number of hydrogen-bond acceptors (Lipinski definition) is 4. The molecule has 2 saturated carbocycles. The minimum atomic E-state index is -0.848. The molecule has 37 heavy (non-hydrogen) atoms. The van der Waals surface area contributed by atoms with E-state index in [-0.39, 0.29) is 11.9 Å². The van der Waals surface area contributed by atoms with Crippen LogP contribution >= 0.6 is 0 Å².